The van der Waals surface area contributed by atoms with Gasteiger partial charge in [0.15, 0.2) is 0 Å². The molecule has 5 nitrogen and oxygen atoms in total. The number of halogens is 1. The number of thiophene rings is 1. The summed E-state index contributed by atoms with van der Waals surface area (Å²) in [6, 6.07) is 4.00. The average Bonchev–Trinajstić information content (AvgIpc) is 2.78. The third kappa shape index (κ3) is 2.91. The first-order chi connectivity index (χ1) is 9.74. The number of carboxylic acid groups (broad SMARTS) is 1. The van der Waals surface area contributed by atoms with Crippen molar-refractivity contribution in [1.29, 1.82) is 0 Å². The smallest absolute Gasteiger partial charge is 0.347 e. The second-order valence-electron chi connectivity index (χ2n) is 4.40. The molecule has 0 aliphatic carbocycles. The number of hydrogen-bond donors (Lipinski definition) is 2. The number of benzene rings is 1. The molecule has 0 amide bonds. The first kappa shape index (κ1) is 15.5. The summed E-state index contributed by atoms with van der Waals surface area (Å²) >= 11 is 0.836. The zero-order valence-electron chi connectivity index (χ0n) is 11.2. The maximum atomic E-state index is 13.5. The number of anilines is 1. The van der Waals surface area contributed by atoms with Gasteiger partial charge >= 0.3 is 5.97 Å². The Labute approximate surface area is 125 Å². The van der Waals surface area contributed by atoms with Gasteiger partial charge < -0.3 is 5.11 Å². The molecular weight excluding hydrogens is 317 g/mol. The fraction of sp³-hybridized carbons (Fsp3) is 0.154. The van der Waals surface area contributed by atoms with Gasteiger partial charge in [0, 0.05) is 5.56 Å². The summed E-state index contributed by atoms with van der Waals surface area (Å²) in [6.07, 6.45) is 0. The third-order valence-electron chi connectivity index (χ3n) is 2.89. The number of aryl methyl sites for hydroxylation is 1. The number of aromatic carboxylic acids is 1. The lowest BCUT2D eigenvalue weighted by Gasteiger charge is -2.11. The standard InChI is InChI=1S/C13H12FNO4S2/c1-7-6-20-11(13(16)17)12(7)21(18,19)15-10-5-3-4-9(14)8(10)2/h3-6,15H,1-2H3,(H,16,17). The molecule has 0 spiro atoms. The van der Waals surface area contributed by atoms with Gasteiger partial charge in [-0.15, -0.1) is 11.3 Å². The highest BCUT2D eigenvalue weighted by Crippen LogP contribution is 2.29. The van der Waals surface area contributed by atoms with Gasteiger partial charge in [0.25, 0.3) is 10.0 Å². The molecule has 0 atom stereocenters. The number of nitrogens with one attached hydrogen (secondary N) is 1. The van der Waals surface area contributed by atoms with Crippen LogP contribution in [0.15, 0.2) is 28.5 Å². The molecular formula is C13H12FNO4S2. The van der Waals surface area contributed by atoms with E-state index in [0.29, 0.717) is 5.56 Å². The van der Waals surface area contributed by atoms with Crippen LogP contribution in [0.2, 0.25) is 0 Å². The molecule has 2 rings (SSSR count). The Morgan fingerprint density at radius 2 is 2.00 bits per heavy atom. The largest absolute Gasteiger partial charge is 0.477 e. The molecule has 8 heteroatoms. The summed E-state index contributed by atoms with van der Waals surface area (Å²) in [4.78, 5) is 10.6. The van der Waals surface area contributed by atoms with E-state index in [1.807, 2.05) is 0 Å². The predicted molar refractivity (Wildman–Crippen MR) is 78.0 cm³/mol. The van der Waals surface area contributed by atoms with Crippen LogP contribution in [-0.2, 0) is 10.0 Å². The van der Waals surface area contributed by atoms with Crippen molar-refractivity contribution < 1.29 is 22.7 Å². The molecule has 1 aromatic heterocycles. The normalized spacial score (nSPS) is 11.4. The van der Waals surface area contributed by atoms with Crippen LogP contribution in [-0.4, -0.2) is 19.5 Å². The minimum absolute atomic E-state index is 0.0805. The second-order valence-corrected chi connectivity index (χ2v) is 6.90. The van der Waals surface area contributed by atoms with Crippen molar-refractivity contribution in [2.75, 3.05) is 4.72 Å². The maximum Gasteiger partial charge on any atom is 0.347 e. The Balaban J connectivity index is 2.51. The summed E-state index contributed by atoms with van der Waals surface area (Å²) in [5.41, 5.74) is 0.557. The fourth-order valence-electron chi connectivity index (χ4n) is 1.83. The molecule has 0 unspecified atom stereocenters. The molecule has 0 aliphatic heterocycles. The first-order valence-electron chi connectivity index (χ1n) is 5.83. The molecule has 0 saturated heterocycles. The summed E-state index contributed by atoms with van der Waals surface area (Å²) in [5, 5.41) is 10.5. The van der Waals surface area contributed by atoms with E-state index in [1.165, 1.54) is 37.4 Å². The van der Waals surface area contributed by atoms with Gasteiger partial charge in [0.2, 0.25) is 0 Å². The zero-order valence-corrected chi connectivity index (χ0v) is 12.8. The second kappa shape index (κ2) is 5.45. The van der Waals surface area contributed by atoms with Crippen LogP contribution in [0.4, 0.5) is 10.1 Å². The van der Waals surface area contributed by atoms with Crippen molar-refractivity contribution in [2.24, 2.45) is 0 Å². The molecule has 2 aromatic rings. The van der Waals surface area contributed by atoms with Gasteiger partial charge in [-0.25, -0.2) is 17.6 Å². The van der Waals surface area contributed by atoms with E-state index in [0.717, 1.165) is 11.3 Å². The van der Waals surface area contributed by atoms with Gasteiger partial charge in [-0.3, -0.25) is 4.72 Å². The number of carboxylic acids is 1. The molecule has 0 bridgehead atoms. The van der Waals surface area contributed by atoms with Gasteiger partial charge in [-0.2, -0.15) is 0 Å². The van der Waals surface area contributed by atoms with Crippen LogP contribution >= 0.6 is 11.3 Å². The van der Waals surface area contributed by atoms with Crippen LogP contribution in [0, 0.1) is 19.7 Å². The zero-order chi connectivity index (χ0) is 15.8. The minimum Gasteiger partial charge on any atom is -0.477 e. The monoisotopic (exact) mass is 329 g/mol. The SMILES string of the molecule is Cc1csc(C(=O)O)c1S(=O)(=O)Nc1cccc(F)c1C. The summed E-state index contributed by atoms with van der Waals surface area (Å²) < 4.78 is 40.5. The molecule has 1 aromatic carbocycles. The molecule has 0 fully saturated rings. The highest BCUT2D eigenvalue weighted by molar-refractivity contribution is 7.93. The highest BCUT2D eigenvalue weighted by Gasteiger charge is 2.27. The quantitative estimate of drug-likeness (QED) is 0.903. The molecule has 0 saturated carbocycles. The Morgan fingerprint density at radius 3 is 2.62 bits per heavy atom. The van der Waals surface area contributed by atoms with Crippen molar-refractivity contribution in [3.63, 3.8) is 0 Å². The van der Waals surface area contributed by atoms with Gasteiger partial charge in [0.1, 0.15) is 15.6 Å². The maximum absolute atomic E-state index is 13.5. The van der Waals surface area contributed by atoms with E-state index in [1.54, 1.807) is 0 Å². The van der Waals surface area contributed by atoms with Crippen LogP contribution in [0.25, 0.3) is 0 Å². The topological polar surface area (TPSA) is 83.5 Å². The lowest BCUT2D eigenvalue weighted by atomic mass is 10.2. The number of hydrogen-bond acceptors (Lipinski definition) is 4. The van der Waals surface area contributed by atoms with E-state index in [4.69, 9.17) is 5.11 Å². The number of rotatable bonds is 4. The Hall–Kier alpha value is -1.93. The van der Waals surface area contributed by atoms with Crippen LogP contribution in [0.5, 0.6) is 0 Å². The highest BCUT2D eigenvalue weighted by atomic mass is 32.2. The van der Waals surface area contributed by atoms with Gasteiger partial charge in [-0.1, -0.05) is 6.07 Å². The van der Waals surface area contributed by atoms with Gasteiger partial charge in [0.05, 0.1) is 5.69 Å². The van der Waals surface area contributed by atoms with E-state index >= 15 is 0 Å². The minimum atomic E-state index is -4.10. The van der Waals surface area contributed by atoms with Crippen molar-refractivity contribution in [3.05, 3.63) is 45.4 Å². The van der Waals surface area contributed by atoms with E-state index in [2.05, 4.69) is 4.72 Å². The van der Waals surface area contributed by atoms with Crippen molar-refractivity contribution in [2.45, 2.75) is 18.7 Å². The molecule has 21 heavy (non-hydrogen) atoms. The number of carbonyl (C=O) groups is 1. The van der Waals surface area contributed by atoms with E-state index < -0.39 is 21.8 Å². The average molecular weight is 329 g/mol. The Bertz CT molecular complexity index is 812. The summed E-state index contributed by atoms with van der Waals surface area (Å²) in [5.74, 6) is -1.86. The molecule has 1 heterocycles. The number of sulfonamides is 1. The predicted octanol–water partition coefficient (Wildman–Crippen LogP) is 3.00. The molecule has 0 radical (unpaired) electrons. The molecule has 112 valence electrons. The summed E-state index contributed by atoms with van der Waals surface area (Å²) in [6.45, 7) is 2.95. The van der Waals surface area contributed by atoms with Gasteiger partial charge in [-0.05, 0) is 36.9 Å². The Kier molecular flexibility index (Phi) is 4.02. The first-order valence-corrected chi connectivity index (χ1v) is 8.19. The van der Waals surface area contributed by atoms with Crippen molar-refractivity contribution in [1.82, 2.24) is 0 Å². The van der Waals surface area contributed by atoms with E-state index in [9.17, 15) is 17.6 Å². The molecule has 2 N–H and O–H groups in total. The lowest BCUT2D eigenvalue weighted by molar-refractivity contribution is 0.0698. The van der Waals surface area contributed by atoms with Crippen LogP contribution in [0.3, 0.4) is 0 Å². The van der Waals surface area contributed by atoms with Crippen LogP contribution < -0.4 is 4.72 Å². The van der Waals surface area contributed by atoms with Crippen LogP contribution in [0.1, 0.15) is 20.8 Å². The summed E-state index contributed by atoms with van der Waals surface area (Å²) in [7, 11) is -4.10. The molecule has 0 aliphatic rings. The third-order valence-corrected chi connectivity index (χ3v) is 5.66. The Morgan fingerprint density at radius 1 is 1.33 bits per heavy atom. The lowest BCUT2D eigenvalue weighted by Crippen LogP contribution is -2.17. The van der Waals surface area contributed by atoms with Crippen molar-refractivity contribution >= 4 is 33.0 Å². The van der Waals surface area contributed by atoms with E-state index in [-0.39, 0.29) is 21.0 Å². The fourth-order valence-corrected chi connectivity index (χ4v) is 4.59. The van der Waals surface area contributed by atoms with Crippen molar-refractivity contribution in [3.8, 4) is 0 Å².